The highest BCUT2D eigenvalue weighted by atomic mass is 16.2. The summed E-state index contributed by atoms with van der Waals surface area (Å²) in [6, 6.07) is 14.0. The standard InChI is InChI=1S/C21H22N4O3/c26-18(23-13-16-8-4-5-10-22-16)17-12-21(20(28)24-17)9-11-25(14-21)19(27)15-6-2-1-3-7-15/h1-8,10,17H,9,11-14H2,(H,23,26)(H,24,28)/t17-,21-/m0/s1. The summed E-state index contributed by atoms with van der Waals surface area (Å²) >= 11 is 0. The molecule has 28 heavy (non-hydrogen) atoms. The number of nitrogens with one attached hydrogen (secondary N) is 2. The Kier molecular flexibility index (Phi) is 4.81. The van der Waals surface area contributed by atoms with Crippen molar-refractivity contribution in [1.82, 2.24) is 20.5 Å². The van der Waals surface area contributed by atoms with Crippen molar-refractivity contribution < 1.29 is 14.4 Å². The Morgan fingerprint density at radius 2 is 1.96 bits per heavy atom. The van der Waals surface area contributed by atoms with Gasteiger partial charge in [-0.25, -0.2) is 0 Å². The maximum Gasteiger partial charge on any atom is 0.253 e. The van der Waals surface area contributed by atoms with Gasteiger partial charge in [0.1, 0.15) is 6.04 Å². The zero-order valence-electron chi connectivity index (χ0n) is 15.4. The second-order valence-corrected chi connectivity index (χ2v) is 7.39. The highest BCUT2D eigenvalue weighted by Crippen LogP contribution is 2.40. The number of pyridine rings is 1. The molecule has 0 bridgehead atoms. The van der Waals surface area contributed by atoms with E-state index in [9.17, 15) is 14.4 Å². The van der Waals surface area contributed by atoms with E-state index in [1.165, 1.54) is 0 Å². The number of hydrogen-bond acceptors (Lipinski definition) is 4. The Morgan fingerprint density at radius 3 is 2.71 bits per heavy atom. The molecule has 1 aromatic carbocycles. The van der Waals surface area contributed by atoms with Gasteiger partial charge >= 0.3 is 0 Å². The summed E-state index contributed by atoms with van der Waals surface area (Å²) in [6.45, 7) is 1.18. The third-order valence-electron chi connectivity index (χ3n) is 5.53. The lowest BCUT2D eigenvalue weighted by atomic mass is 9.84. The van der Waals surface area contributed by atoms with Crippen LogP contribution in [-0.2, 0) is 16.1 Å². The number of carbonyl (C=O) groups excluding carboxylic acids is 3. The molecule has 0 unspecified atom stereocenters. The molecule has 2 saturated heterocycles. The maximum atomic E-state index is 12.7. The van der Waals surface area contributed by atoms with E-state index in [-0.39, 0.29) is 17.7 Å². The molecule has 7 heteroatoms. The van der Waals surface area contributed by atoms with Crippen LogP contribution in [0.5, 0.6) is 0 Å². The van der Waals surface area contributed by atoms with Crippen LogP contribution in [0.2, 0.25) is 0 Å². The number of benzene rings is 1. The lowest BCUT2D eigenvalue weighted by Gasteiger charge is -2.21. The fraction of sp³-hybridized carbons (Fsp3) is 0.333. The van der Waals surface area contributed by atoms with Gasteiger partial charge in [-0.05, 0) is 37.1 Å². The number of aromatic nitrogens is 1. The smallest absolute Gasteiger partial charge is 0.253 e. The molecule has 2 aliphatic rings. The van der Waals surface area contributed by atoms with Crippen molar-refractivity contribution in [3.8, 4) is 0 Å². The maximum absolute atomic E-state index is 12.7. The van der Waals surface area contributed by atoms with Crippen molar-refractivity contribution in [2.24, 2.45) is 5.41 Å². The molecule has 1 aromatic heterocycles. The highest BCUT2D eigenvalue weighted by Gasteiger charge is 2.53. The second kappa shape index (κ2) is 7.42. The van der Waals surface area contributed by atoms with E-state index in [0.29, 0.717) is 38.0 Å². The number of hydrogen-bond donors (Lipinski definition) is 2. The number of likely N-dealkylation sites (tertiary alicyclic amines) is 1. The van der Waals surface area contributed by atoms with Gasteiger partial charge in [-0.3, -0.25) is 19.4 Å². The average Bonchev–Trinajstić information content (AvgIpc) is 3.31. The minimum absolute atomic E-state index is 0.0756. The van der Waals surface area contributed by atoms with Crippen LogP contribution in [-0.4, -0.2) is 46.7 Å². The third kappa shape index (κ3) is 3.47. The van der Waals surface area contributed by atoms with Crippen LogP contribution in [0.1, 0.15) is 28.9 Å². The average molecular weight is 378 g/mol. The van der Waals surface area contributed by atoms with Crippen molar-refractivity contribution in [2.75, 3.05) is 13.1 Å². The normalized spacial score (nSPS) is 23.6. The molecule has 2 fully saturated rings. The summed E-state index contributed by atoms with van der Waals surface area (Å²) in [7, 11) is 0. The van der Waals surface area contributed by atoms with Gasteiger partial charge in [-0.15, -0.1) is 0 Å². The molecule has 7 nitrogen and oxygen atoms in total. The zero-order valence-corrected chi connectivity index (χ0v) is 15.4. The number of nitrogens with zero attached hydrogens (tertiary/aromatic N) is 2. The molecular formula is C21H22N4O3. The topological polar surface area (TPSA) is 91.4 Å². The van der Waals surface area contributed by atoms with E-state index >= 15 is 0 Å². The quantitative estimate of drug-likeness (QED) is 0.834. The summed E-state index contributed by atoms with van der Waals surface area (Å²) in [4.78, 5) is 43.7. The molecule has 2 atom stereocenters. The fourth-order valence-corrected chi connectivity index (χ4v) is 3.97. The third-order valence-corrected chi connectivity index (χ3v) is 5.53. The van der Waals surface area contributed by atoms with Crippen molar-refractivity contribution in [3.05, 3.63) is 66.0 Å². The molecule has 0 saturated carbocycles. The molecular weight excluding hydrogens is 356 g/mol. The van der Waals surface area contributed by atoms with Gasteiger partial charge in [0.25, 0.3) is 5.91 Å². The number of carbonyl (C=O) groups is 3. The first-order valence-electron chi connectivity index (χ1n) is 9.40. The van der Waals surface area contributed by atoms with Crippen molar-refractivity contribution >= 4 is 17.7 Å². The van der Waals surface area contributed by atoms with Crippen LogP contribution in [0, 0.1) is 5.41 Å². The summed E-state index contributed by atoms with van der Waals surface area (Å²) in [5.41, 5.74) is 0.690. The van der Waals surface area contributed by atoms with E-state index in [1.54, 1.807) is 23.2 Å². The minimum Gasteiger partial charge on any atom is -0.349 e. The monoisotopic (exact) mass is 378 g/mol. The Balaban J connectivity index is 1.38. The Morgan fingerprint density at radius 1 is 1.18 bits per heavy atom. The first-order chi connectivity index (χ1) is 13.6. The van der Waals surface area contributed by atoms with Gasteiger partial charge in [-0.1, -0.05) is 24.3 Å². The van der Waals surface area contributed by atoms with Crippen molar-refractivity contribution in [2.45, 2.75) is 25.4 Å². The highest BCUT2D eigenvalue weighted by molar-refractivity contribution is 5.97. The van der Waals surface area contributed by atoms with E-state index < -0.39 is 11.5 Å². The number of amides is 3. The summed E-state index contributed by atoms with van der Waals surface area (Å²) in [6.07, 6.45) is 2.64. The molecule has 2 aliphatic heterocycles. The van der Waals surface area contributed by atoms with E-state index in [2.05, 4.69) is 15.6 Å². The van der Waals surface area contributed by atoms with Crippen molar-refractivity contribution in [3.63, 3.8) is 0 Å². The van der Waals surface area contributed by atoms with Gasteiger partial charge in [0.2, 0.25) is 11.8 Å². The van der Waals surface area contributed by atoms with E-state index in [4.69, 9.17) is 0 Å². The summed E-state index contributed by atoms with van der Waals surface area (Å²) < 4.78 is 0. The Bertz CT molecular complexity index is 887. The largest absolute Gasteiger partial charge is 0.349 e. The summed E-state index contributed by atoms with van der Waals surface area (Å²) in [5.74, 6) is -0.439. The van der Waals surface area contributed by atoms with Crippen LogP contribution < -0.4 is 10.6 Å². The molecule has 3 amide bonds. The van der Waals surface area contributed by atoms with Crippen LogP contribution in [0.4, 0.5) is 0 Å². The van der Waals surface area contributed by atoms with Gasteiger partial charge < -0.3 is 15.5 Å². The lowest BCUT2D eigenvalue weighted by molar-refractivity contribution is -0.128. The van der Waals surface area contributed by atoms with Crippen LogP contribution in [0.25, 0.3) is 0 Å². The van der Waals surface area contributed by atoms with Crippen LogP contribution in [0.15, 0.2) is 54.7 Å². The first-order valence-corrected chi connectivity index (χ1v) is 9.40. The Hall–Kier alpha value is -3.22. The molecule has 0 aliphatic carbocycles. The van der Waals surface area contributed by atoms with Crippen LogP contribution >= 0.6 is 0 Å². The molecule has 2 N–H and O–H groups in total. The SMILES string of the molecule is O=C(NCc1ccccn1)[C@@H]1C[C@]2(CCN(C(=O)c3ccccc3)C2)C(=O)N1. The number of rotatable bonds is 4. The minimum atomic E-state index is -0.683. The molecule has 0 radical (unpaired) electrons. The predicted molar refractivity (Wildman–Crippen MR) is 102 cm³/mol. The van der Waals surface area contributed by atoms with Gasteiger partial charge in [0.15, 0.2) is 0 Å². The Labute approximate surface area is 163 Å². The van der Waals surface area contributed by atoms with Gasteiger partial charge in [0.05, 0.1) is 17.7 Å². The van der Waals surface area contributed by atoms with E-state index in [0.717, 1.165) is 5.69 Å². The molecule has 2 aromatic rings. The van der Waals surface area contributed by atoms with Crippen molar-refractivity contribution in [1.29, 1.82) is 0 Å². The first kappa shape index (κ1) is 18.2. The predicted octanol–water partition coefficient (Wildman–Crippen LogP) is 1.12. The van der Waals surface area contributed by atoms with Crippen LogP contribution in [0.3, 0.4) is 0 Å². The molecule has 3 heterocycles. The molecule has 4 rings (SSSR count). The lowest BCUT2D eigenvalue weighted by Crippen LogP contribution is -2.41. The van der Waals surface area contributed by atoms with Gasteiger partial charge in [0, 0.05) is 24.8 Å². The second-order valence-electron chi connectivity index (χ2n) is 7.39. The molecule has 1 spiro atoms. The summed E-state index contributed by atoms with van der Waals surface area (Å²) in [5, 5.41) is 5.64. The van der Waals surface area contributed by atoms with E-state index in [1.807, 2.05) is 36.4 Å². The fourth-order valence-electron chi connectivity index (χ4n) is 3.97. The van der Waals surface area contributed by atoms with Gasteiger partial charge in [-0.2, -0.15) is 0 Å². The molecule has 144 valence electrons. The zero-order chi connectivity index (χ0) is 19.6.